The second kappa shape index (κ2) is 8.96. The molecular weight excluding hydrogens is 315 g/mol. The first-order valence-electron chi connectivity index (χ1n) is 8.16. The number of benzene rings is 1. The van der Waals surface area contributed by atoms with Gasteiger partial charge in [0.1, 0.15) is 11.6 Å². The molecule has 0 aromatic heterocycles. The summed E-state index contributed by atoms with van der Waals surface area (Å²) in [6, 6.07) is 4.25. The molecule has 1 aliphatic rings. The van der Waals surface area contributed by atoms with Crippen LogP contribution in [-0.4, -0.2) is 80.0 Å². The lowest BCUT2D eigenvalue weighted by atomic mass is 10.1. The zero-order valence-corrected chi connectivity index (χ0v) is 14.2. The predicted octanol–water partition coefficient (Wildman–Crippen LogP) is 0.989. The van der Waals surface area contributed by atoms with E-state index in [0.29, 0.717) is 51.7 Å². The maximum absolute atomic E-state index is 14.0. The summed E-state index contributed by atoms with van der Waals surface area (Å²) in [5, 5.41) is 9.86. The molecule has 1 aromatic rings. The van der Waals surface area contributed by atoms with E-state index in [-0.39, 0.29) is 11.5 Å². The summed E-state index contributed by atoms with van der Waals surface area (Å²) in [5.41, 5.74) is 0.0561. The molecule has 7 heteroatoms. The van der Waals surface area contributed by atoms with E-state index in [0.717, 1.165) is 0 Å². The number of aliphatic hydroxyl groups is 1. The van der Waals surface area contributed by atoms with Crippen LogP contribution in [0.1, 0.15) is 17.3 Å². The molecular formula is C17H25FN2O4. The summed E-state index contributed by atoms with van der Waals surface area (Å²) in [5.74, 6) is -0.504. The number of hydrogen-bond acceptors (Lipinski definition) is 5. The molecule has 0 saturated carbocycles. The number of ether oxygens (including phenoxy) is 2. The lowest BCUT2D eigenvalue weighted by molar-refractivity contribution is 0.0111. The molecule has 0 unspecified atom stereocenters. The number of amides is 1. The molecule has 1 aromatic carbocycles. The Morgan fingerprint density at radius 2 is 2.04 bits per heavy atom. The number of β-amino-alcohol motifs (C(OH)–C–C–N with tert-alkyl or cyclic N) is 1. The molecule has 1 aliphatic heterocycles. The Morgan fingerprint density at radius 1 is 1.33 bits per heavy atom. The van der Waals surface area contributed by atoms with Crippen LogP contribution in [0.5, 0.6) is 5.75 Å². The highest BCUT2D eigenvalue weighted by Gasteiger charge is 2.25. The highest BCUT2D eigenvalue weighted by Crippen LogP contribution is 2.18. The molecule has 1 N–H and O–H groups in total. The van der Waals surface area contributed by atoms with Gasteiger partial charge in [-0.15, -0.1) is 0 Å². The quantitative estimate of drug-likeness (QED) is 0.802. The SMILES string of the molecule is CCOC[C@@H](O)CN1CCN(C(=O)c2ccc(OC)cc2F)CC1. The number of nitrogens with zero attached hydrogens (tertiary/aromatic N) is 2. The van der Waals surface area contributed by atoms with Crippen molar-refractivity contribution in [2.24, 2.45) is 0 Å². The first-order valence-corrected chi connectivity index (χ1v) is 8.16. The number of hydrogen-bond donors (Lipinski definition) is 1. The summed E-state index contributed by atoms with van der Waals surface area (Å²) in [4.78, 5) is 16.2. The Kier molecular flexibility index (Phi) is 6.96. The van der Waals surface area contributed by atoms with Crippen molar-refractivity contribution >= 4 is 5.91 Å². The normalized spacial score (nSPS) is 16.9. The molecule has 1 fully saturated rings. The average molecular weight is 340 g/mol. The number of carbonyl (C=O) groups is 1. The fraction of sp³-hybridized carbons (Fsp3) is 0.588. The summed E-state index contributed by atoms with van der Waals surface area (Å²) in [6.07, 6.45) is -0.536. The summed E-state index contributed by atoms with van der Waals surface area (Å²) in [7, 11) is 1.45. The van der Waals surface area contributed by atoms with Crippen molar-refractivity contribution < 1.29 is 23.8 Å². The van der Waals surface area contributed by atoms with Crippen LogP contribution in [0.3, 0.4) is 0 Å². The van der Waals surface area contributed by atoms with Crippen molar-refractivity contribution in [2.45, 2.75) is 13.0 Å². The lowest BCUT2D eigenvalue weighted by Gasteiger charge is -2.35. The van der Waals surface area contributed by atoms with Crippen LogP contribution in [0.2, 0.25) is 0 Å². The fourth-order valence-electron chi connectivity index (χ4n) is 2.70. The molecule has 0 aliphatic carbocycles. The zero-order valence-electron chi connectivity index (χ0n) is 14.2. The van der Waals surface area contributed by atoms with E-state index in [2.05, 4.69) is 4.90 Å². The molecule has 2 rings (SSSR count). The van der Waals surface area contributed by atoms with Crippen molar-refractivity contribution in [3.8, 4) is 5.75 Å². The van der Waals surface area contributed by atoms with Crippen molar-refractivity contribution in [1.82, 2.24) is 9.80 Å². The second-order valence-electron chi connectivity index (χ2n) is 5.75. The van der Waals surface area contributed by atoms with Gasteiger partial charge in [-0.05, 0) is 19.1 Å². The molecule has 1 saturated heterocycles. The summed E-state index contributed by atoms with van der Waals surface area (Å²) in [6.45, 7) is 5.59. The standard InChI is InChI=1S/C17H25FN2O4/c1-3-24-12-13(21)11-19-6-8-20(9-7-19)17(22)15-5-4-14(23-2)10-16(15)18/h4-5,10,13,21H,3,6-9,11-12H2,1-2H3/t13-/m0/s1. The molecule has 0 radical (unpaired) electrons. The van der Waals surface area contributed by atoms with Crippen LogP contribution in [-0.2, 0) is 4.74 Å². The maximum atomic E-state index is 14.0. The molecule has 1 atom stereocenters. The minimum absolute atomic E-state index is 0.0561. The van der Waals surface area contributed by atoms with Crippen LogP contribution in [0, 0.1) is 5.82 Å². The lowest BCUT2D eigenvalue weighted by Crippen LogP contribution is -2.51. The summed E-state index contributed by atoms with van der Waals surface area (Å²) < 4.78 is 24.2. The number of methoxy groups -OCH3 is 1. The minimum atomic E-state index is -0.575. The number of piperazine rings is 1. The highest BCUT2D eigenvalue weighted by molar-refractivity contribution is 5.94. The Labute approximate surface area is 141 Å². The van der Waals surface area contributed by atoms with Gasteiger partial charge >= 0.3 is 0 Å². The predicted molar refractivity (Wildman–Crippen MR) is 87.8 cm³/mol. The molecule has 24 heavy (non-hydrogen) atoms. The van der Waals surface area contributed by atoms with E-state index < -0.39 is 11.9 Å². The topological polar surface area (TPSA) is 62.2 Å². The van der Waals surface area contributed by atoms with Gasteiger partial charge in [-0.25, -0.2) is 4.39 Å². The molecule has 0 bridgehead atoms. The molecule has 0 spiro atoms. The third-order valence-corrected chi connectivity index (χ3v) is 4.05. The van der Waals surface area contributed by atoms with Gasteiger partial charge in [-0.2, -0.15) is 0 Å². The Hall–Kier alpha value is -1.70. The van der Waals surface area contributed by atoms with Crippen molar-refractivity contribution in [1.29, 1.82) is 0 Å². The molecule has 6 nitrogen and oxygen atoms in total. The van der Waals surface area contributed by atoms with Crippen LogP contribution in [0.15, 0.2) is 18.2 Å². The van der Waals surface area contributed by atoms with Crippen molar-refractivity contribution in [3.63, 3.8) is 0 Å². The fourth-order valence-corrected chi connectivity index (χ4v) is 2.70. The van der Waals surface area contributed by atoms with E-state index in [1.165, 1.54) is 19.2 Å². The average Bonchev–Trinajstić information content (AvgIpc) is 2.60. The van der Waals surface area contributed by atoms with Crippen LogP contribution in [0.25, 0.3) is 0 Å². The van der Waals surface area contributed by atoms with Gasteiger partial charge in [-0.1, -0.05) is 0 Å². The van der Waals surface area contributed by atoms with E-state index in [4.69, 9.17) is 9.47 Å². The van der Waals surface area contributed by atoms with Crippen LogP contribution >= 0.6 is 0 Å². The molecule has 1 amide bonds. The monoisotopic (exact) mass is 340 g/mol. The number of halogens is 1. The van der Waals surface area contributed by atoms with Crippen LogP contribution in [0.4, 0.5) is 4.39 Å². The van der Waals surface area contributed by atoms with Gasteiger partial charge < -0.3 is 19.5 Å². The zero-order chi connectivity index (χ0) is 17.5. The molecule has 134 valence electrons. The van der Waals surface area contributed by atoms with Gasteiger partial charge in [0.2, 0.25) is 0 Å². The largest absolute Gasteiger partial charge is 0.497 e. The maximum Gasteiger partial charge on any atom is 0.256 e. The highest BCUT2D eigenvalue weighted by atomic mass is 19.1. The van der Waals surface area contributed by atoms with E-state index in [9.17, 15) is 14.3 Å². The third-order valence-electron chi connectivity index (χ3n) is 4.05. The number of carbonyl (C=O) groups excluding carboxylic acids is 1. The molecule has 1 heterocycles. The van der Waals surface area contributed by atoms with E-state index >= 15 is 0 Å². The van der Waals surface area contributed by atoms with Gasteiger partial charge in [0.25, 0.3) is 5.91 Å². The van der Waals surface area contributed by atoms with Crippen LogP contribution < -0.4 is 4.74 Å². The summed E-state index contributed by atoms with van der Waals surface area (Å²) >= 11 is 0. The van der Waals surface area contributed by atoms with Gasteiger partial charge in [0, 0.05) is 45.4 Å². The first kappa shape index (κ1) is 18.6. The van der Waals surface area contributed by atoms with Gasteiger partial charge in [0.15, 0.2) is 0 Å². The smallest absolute Gasteiger partial charge is 0.256 e. The second-order valence-corrected chi connectivity index (χ2v) is 5.75. The Bertz CT molecular complexity index is 547. The third kappa shape index (κ3) is 4.90. The number of rotatable bonds is 7. The number of aliphatic hydroxyl groups excluding tert-OH is 1. The van der Waals surface area contributed by atoms with Gasteiger partial charge in [-0.3, -0.25) is 9.69 Å². The first-order chi connectivity index (χ1) is 11.5. The van der Waals surface area contributed by atoms with E-state index in [1.54, 1.807) is 11.0 Å². The minimum Gasteiger partial charge on any atom is -0.497 e. The van der Waals surface area contributed by atoms with Crippen molar-refractivity contribution in [2.75, 3.05) is 53.0 Å². The Morgan fingerprint density at radius 3 is 2.62 bits per heavy atom. The van der Waals surface area contributed by atoms with E-state index in [1.807, 2.05) is 6.92 Å². The Balaban J connectivity index is 1.86. The van der Waals surface area contributed by atoms with Gasteiger partial charge in [0.05, 0.1) is 25.4 Å². The van der Waals surface area contributed by atoms with Crippen molar-refractivity contribution in [3.05, 3.63) is 29.6 Å².